The largest absolute Gasteiger partial charge is 0.329 e. The number of aryl methyl sites for hydroxylation is 2. The Morgan fingerprint density at radius 3 is 2.34 bits per heavy atom. The smallest absolute Gasteiger partial charge is 0.326 e. The summed E-state index contributed by atoms with van der Waals surface area (Å²) in [5, 5.41) is 2.66. The minimum absolute atomic E-state index is 0.109. The zero-order valence-electron chi connectivity index (χ0n) is 26.4. The first-order chi connectivity index (χ1) is 21.1. The van der Waals surface area contributed by atoms with E-state index in [4.69, 9.17) is 4.98 Å². The molecule has 3 aliphatic heterocycles. The molecule has 236 valence electrons. The number of imidazole rings is 1. The van der Waals surface area contributed by atoms with Gasteiger partial charge < -0.3 is 9.88 Å². The van der Waals surface area contributed by atoms with Crippen LogP contribution in [0.1, 0.15) is 74.8 Å². The van der Waals surface area contributed by atoms with Crippen LogP contribution in [-0.4, -0.2) is 70.2 Å². The second kappa shape index (κ2) is 12.7. The third kappa shape index (κ3) is 6.17. The molecule has 2 bridgehead atoms. The molecule has 1 N–H and O–H groups in total. The standard InChI is InChI=1S/C34H46N6O3S/c1-24(2)44(42,43)37-20-17-33-32(23-37)35-26(4)40(33)31-21-29-15-16-30(22-31)38(29)18-8-19-39(28-9-6-5-7-10-28)34(41)36-27-13-11-25(3)12-14-27/h5-7,9-14,24,29-31H,8,15-23H2,1-4H3,(H,36,41). The van der Waals surface area contributed by atoms with E-state index < -0.39 is 15.3 Å². The highest BCUT2D eigenvalue weighted by Gasteiger charge is 2.42. The summed E-state index contributed by atoms with van der Waals surface area (Å²) < 4.78 is 29.7. The molecule has 0 aliphatic carbocycles. The van der Waals surface area contributed by atoms with Crippen LogP contribution < -0.4 is 10.2 Å². The summed E-state index contributed by atoms with van der Waals surface area (Å²) in [4.78, 5) is 22.8. The van der Waals surface area contributed by atoms with Gasteiger partial charge in [0.15, 0.2) is 0 Å². The van der Waals surface area contributed by atoms with Gasteiger partial charge >= 0.3 is 6.03 Å². The van der Waals surface area contributed by atoms with Crippen molar-refractivity contribution in [2.24, 2.45) is 0 Å². The predicted molar refractivity (Wildman–Crippen MR) is 176 cm³/mol. The number of piperidine rings is 1. The predicted octanol–water partition coefficient (Wildman–Crippen LogP) is 5.89. The molecule has 2 saturated heterocycles. The van der Waals surface area contributed by atoms with Crippen molar-refractivity contribution in [3.63, 3.8) is 0 Å². The number of nitrogens with one attached hydrogen (secondary N) is 1. The molecule has 44 heavy (non-hydrogen) atoms. The van der Waals surface area contributed by atoms with E-state index in [0.717, 1.165) is 60.7 Å². The molecule has 2 unspecified atom stereocenters. The number of hydrogen-bond donors (Lipinski definition) is 1. The van der Waals surface area contributed by atoms with E-state index in [0.29, 0.717) is 37.8 Å². The van der Waals surface area contributed by atoms with Crippen molar-refractivity contribution in [1.82, 2.24) is 18.8 Å². The Hall–Kier alpha value is -3.21. The Morgan fingerprint density at radius 2 is 1.68 bits per heavy atom. The number of fused-ring (bicyclic) bond motifs is 3. The highest BCUT2D eigenvalue weighted by Crippen LogP contribution is 2.42. The fraction of sp³-hybridized carbons (Fsp3) is 0.529. The van der Waals surface area contributed by atoms with Crippen LogP contribution in [0.2, 0.25) is 0 Å². The van der Waals surface area contributed by atoms with Crippen LogP contribution in [0.25, 0.3) is 0 Å². The van der Waals surface area contributed by atoms with Crippen LogP contribution in [-0.2, 0) is 23.0 Å². The summed E-state index contributed by atoms with van der Waals surface area (Å²) in [6.07, 6.45) is 6.20. The van der Waals surface area contributed by atoms with Gasteiger partial charge in [-0.25, -0.2) is 18.2 Å². The Bertz CT molecular complexity index is 1560. The highest BCUT2D eigenvalue weighted by molar-refractivity contribution is 7.89. The third-order valence-electron chi connectivity index (χ3n) is 9.79. The van der Waals surface area contributed by atoms with Crippen molar-refractivity contribution in [2.75, 3.05) is 29.9 Å². The van der Waals surface area contributed by atoms with Crippen LogP contribution in [0.5, 0.6) is 0 Å². The first kappa shape index (κ1) is 30.8. The van der Waals surface area contributed by atoms with Crippen LogP contribution in [0, 0.1) is 13.8 Å². The molecule has 2 atom stereocenters. The minimum Gasteiger partial charge on any atom is -0.329 e. The van der Waals surface area contributed by atoms with Gasteiger partial charge in [-0.3, -0.25) is 9.80 Å². The maximum Gasteiger partial charge on any atom is 0.326 e. The molecule has 3 aromatic rings. The number of anilines is 2. The summed E-state index contributed by atoms with van der Waals surface area (Å²) >= 11 is 0. The topological polar surface area (TPSA) is 90.8 Å². The van der Waals surface area contributed by atoms with Crippen LogP contribution >= 0.6 is 0 Å². The molecule has 10 heteroatoms. The third-order valence-corrected chi connectivity index (χ3v) is 12.0. The van der Waals surface area contributed by atoms with E-state index in [2.05, 4.69) is 21.7 Å². The van der Waals surface area contributed by atoms with Crippen molar-refractivity contribution in [1.29, 1.82) is 0 Å². The van der Waals surface area contributed by atoms with Gasteiger partial charge in [-0.2, -0.15) is 4.31 Å². The van der Waals surface area contributed by atoms with Crippen molar-refractivity contribution in [2.45, 2.75) is 96.1 Å². The van der Waals surface area contributed by atoms with Gasteiger partial charge in [0.2, 0.25) is 10.0 Å². The second-order valence-electron chi connectivity index (χ2n) is 13.0. The van der Waals surface area contributed by atoms with Gasteiger partial charge in [0.05, 0.1) is 17.5 Å². The van der Waals surface area contributed by atoms with Gasteiger partial charge in [0.1, 0.15) is 5.82 Å². The summed E-state index contributed by atoms with van der Waals surface area (Å²) in [5.41, 5.74) is 5.02. The van der Waals surface area contributed by atoms with Gasteiger partial charge in [-0.05, 0) is 84.1 Å². The molecule has 9 nitrogen and oxygen atoms in total. The zero-order chi connectivity index (χ0) is 31.0. The lowest BCUT2D eigenvalue weighted by Gasteiger charge is -2.41. The van der Waals surface area contributed by atoms with E-state index >= 15 is 0 Å². The summed E-state index contributed by atoms with van der Waals surface area (Å²) in [5.74, 6) is 1.01. The fourth-order valence-electron chi connectivity index (χ4n) is 7.53. The molecule has 3 aliphatic rings. The second-order valence-corrected chi connectivity index (χ2v) is 15.5. The molecule has 2 fully saturated rings. The molecule has 0 saturated carbocycles. The Kier molecular flexibility index (Phi) is 8.86. The molecular formula is C34H46N6O3S. The highest BCUT2D eigenvalue weighted by atomic mass is 32.2. The average molecular weight is 619 g/mol. The first-order valence-electron chi connectivity index (χ1n) is 16.1. The number of benzene rings is 2. The molecule has 0 spiro atoms. The molecule has 2 aromatic carbocycles. The lowest BCUT2D eigenvalue weighted by molar-refractivity contribution is 0.104. The zero-order valence-corrected chi connectivity index (χ0v) is 27.3. The quantitative estimate of drug-likeness (QED) is 0.323. The van der Waals surface area contributed by atoms with E-state index in [-0.39, 0.29) is 6.03 Å². The minimum atomic E-state index is -3.29. The number of hydrogen-bond acceptors (Lipinski definition) is 5. The molecule has 1 aromatic heterocycles. The summed E-state index contributed by atoms with van der Waals surface area (Å²) in [6, 6.07) is 19.2. The summed E-state index contributed by atoms with van der Waals surface area (Å²) in [6.45, 7) is 10.1. The van der Waals surface area contributed by atoms with Crippen LogP contribution in [0.3, 0.4) is 0 Å². The number of carbonyl (C=O) groups excluding carboxylic acids is 1. The summed E-state index contributed by atoms with van der Waals surface area (Å²) in [7, 11) is -3.29. The van der Waals surface area contributed by atoms with Gasteiger partial charge in [-0.1, -0.05) is 35.9 Å². The van der Waals surface area contributed by atoms with Gasteiger partial charge in [0, 0.05) is 61.2 Å². The fourth-order valence-corrected chi connectivity index (χ4v) is 8.78. The van der Waals surface area contributed by atoms with Crippen molar-refractivity contribution < 1.29 is 13.2 Å². The lowest BCUT2D eigenvalue weighted by atomic mass is 9.96. The van der Waals surface area contributed by atoms with E-state index in [9.17, 15) is 13.2 Å². The van der Waals surface area contributed by atoms with E-state index in [1.54, 1.807) is 18.2 Å². The molecule has 4 heterocycles. The Balaban J connectivity index is 1.10. The van der Waals surface area contributed by atoms with Crippen molar-refractivity contribution in [3.05, 3.63) is 77.4 Å². The average Bonchev–Trinajstić information content (AvgIpc) is 3.46. The van der Waals surface area contributed by atoms with Crippen LogP contribution in [0.15, 0.2) is 54.6 Å². The van der Waals surface area contributed by atoms with E-state index in [1.165, 1.54) is 18.5 Å². The Labute approximate surface area is 262 Å². The number of urea groups is 1. The number of para-hydroxylation sites is 1. The number of carbonyl (C=O) groups is 1. The lowest BCUT2D eigenvalue weighted by Crippen LogP contribution is -2.45. The molecule has 0 radical (unpaired) electrons. The first-order valence-corrected chi connectivity index (χ1v) is 17.6. The monoisotopic (exact) mass is 618 g/mol. The maximum absolute atomic E-state index is 13.4. The molecule has 6 rings (SSSR count). The van der Waals surface area contributed by atoms with Gasteiger partial charge in [0.25, 0.3) is 0 Å². The SMILES string of the molecule is Cc1ccc(NC(=O)N(CCCN2C3CCC2CC(n2c(C)nc4c2CCN(S(=O)(=O)C(C)C)C4)C3)c2ccccc2)cc1. The number of aromatic nitrogens is 2. The Morgan fingerprint density at radius 1 is 1.00 bits per heavy atom. The molecular weight excluding hydrogens is 572 g/mol. The van der Waals surface area contributed by atoms with Crippen molar-refractivity contribution >= 4 is 27.4 Å². The van der Waals surface area contributed by atoms with E-state index in [1.807, 2.05) is 66.4 Å². The number of rotatable bonds is 9. The normalized spacial score (nSPS) is 22.2. The maximum atomic E-state index is 13.4. The van der Waals surface area contributed by atoms with Crippen molar-refractivity contribution in [3.8, 4) is 0 Å². The molecule has 2 amide bonds. The number of nitrogens with zero attached hydrogens (tertiary/aromatic N) is 5. The van der Waals surface area contributed by atoms with Gasteiger partial charge in [-0.15, -0.1) is 0 Å². The number of sulfonamides is 1. The van der Waals surface area contributed by atoms with Crippen LogP contribution in [0.4, 0.5) is 16.2 Å². The number of amides is 2.